The van der Waals surface area contributed by atoms with E-state index in [1.165, 1.54) is 120 Å². The number of aromatic nitrogens is 6. The molecule has 0 bridgehead atoms. The van der Waals surface area contributed by atoms with Crippen molar-refractivity contribution in [3.63, 3.8) is 0 Å². The molecule has 0 N–H and O–H groups in total. The Bertz CT molecular complexity index is 6010. The summed E-state index contributed by atoms with van der Waals surface area (Å²) in [7, 11) is 0. The zero-order valence-corrected chi connectivity index (χ0v) is 48.7. The molecule has 0 amide bonds. The molecule has 90 heavy (non-hydrogen) atoms. The largest absolute Gasteiger partial charge is 0.309 e. The minimum absolute atomic E-state index is 1.10. The van der Waals surface area contributed by atoms with Crippen molar-refractivity contribution in [2.45, 2.75) is 0 Å². The molecule has 0 saturated heterocycles. The van der Waals surface area contributed by atoms with Gasteiger partial charge in [-0.25, -0.2) is 0 Å². The fraction of sp³-hybridized carbons (Fsp3) is 0. The highest BCUT2D eigenvalue weighted by molar-refractivity contribution is 6.26. The monoisotopic (exact) mass is 1140 g/mol. The number of benzene rings is 14. The second kappa shape index (κ2) is 18.7. The molecule has 0 atom stereocenters. The standard InChI is InChI=1S/C84H52N6/c1-3-23-55(24-4-1)85-73-35-13-11-33-65(73)71-51-59(41-47-79(71)85)89-77-39-17-9-31-63(77)69-45-43-67-61-29-7-15-37-75(61)87(81(67)83(69)89)57-27-19-21-53(49-57)54-22-20-28-58(50-54)88-76-38-16-8-30-62(76)68-44-46-70-64-32-10-18-40-78(64)90(84(70)82(68)88)60-42-48-80-72(52-60)66-34-12-14-36-74(66)86(80)56-25-5-2-6-26-56/h1-52H. The smallest absolute Gasteiger partial charge is 0.0788 e. The lowest BCUT2D eigenvalue weighted by atomic mass is 10.0. The first-order valence-corrected chi connectivity index (χ1v) is 31.0. The summed E-state index contributed by atoms with van der Waals surface area (Å²) in [6.07, 6.45) is 0. The molecular weight excluding hydrogens is 1090 g/mol. The van der Waals surface area contributed by atoms with Crippen molar-refractivity contribution in [3.8, 4) is 45.3 Å². The van der Waals surface area contributed by atoms with Crippen molar-refractivity contribution in [2.24, 2.45) is 0 Å². The van der Waals surface area contributed by atoms with Crippen LogP contribution in [0.25, 0.3) is 176 Å². The zero-order chi connectivity index (χ0) is 58.7. The third-order valence-electron chi connectivity index (χ3n) is 19.3. The van der Waals surface area contributed by atoms with Gasteiger partial charge >= 0.3 is 0 Å². The minimum atomic E-state index is 1.10. The highest BCUT2D eigenvalue weighted by Gasteiger charge is 2.25. The van der Waals surface area contributed by atoms with Crippen molar-refractivity contribution >= 4 is 131 Å². The lowest BCUT2D eigenvalue weighted by Gasteiger charge is -2.15. The van der Waals surface area contributed by atoms with Gasteiger partial charge in [-0.3, -0.25) is 0 Å². The van der Waals surface area contributed by atoms with Crippen LogP contribution in [0.1, 0.15) is 0 Å². The molecule has 0 unspecified atom stereocenters. The molecule has 6 aromatic heterocycles. The predicted molar refractivity (Wildman–Crippen MR) is 378 cm³/mol. The molecule has 0 aliphatic carbocycles. The summed E-state index contributed by atoms with van der Waals surface area (Å²) in [6.45, 7) is 0. The Labute approximate surface area is 516 Å². The van der Waals surface area contributed by atoms with Crippen LogP contribution < -0.4 is 0 Å². The summed E-state index contributed by atoms with van der Waals surface area (Å²) < 4.78 is 14.9. The number of para-hydroxylation sites is 8. The molecule has 0 radical (unpaired) electrons. The highest BCUT2D eigenvalue weighted by atomic mass is 15.1. The summed E-state index contributed by atoms with van der Waals surface area (Å²) in [4.78, 5) is 0. The fourth-order valence-electron chi connectivity index (χ4n) is 15.6. The van der Waals surface area contributed by atoms with Gasteiger partial charge in [0.15, 0.2) is 0 Å². The van der Waals surface area contributed by atoms with E-state index in [-0.39, 0.29) is 0 Å². The Balaban J connectivity index is 0.790. The number of fused-ring (bicyclic) bond motifs is 20. The van der Waals surface area contributed by atoms with Gasteiger partial charge in [-0.15, -0.1) is 0 Å². The number of rotatable bonds is 7. The van der Waals surface area contributed by atoms with Crippen LogP contribution in [0.5, 0.6) is 0 Å². The average molecular weight is 1150 g/mol. The van der Waals surface area contributed by atoms with Crippen LogP contribution in [-0.4, -0.2) is 27.4 Å². The van der Waals surface area contributed by atoms with Crippen LogP contribution in [0.2, 0.25) is 0 Å². The number of hydrogen-bond donors (Lipinski definition) is 0. The van der Waals surface area contributed by atoms with E-state index in [1.807, 2.05) is 0 Å². The van der Waals surface area contributed by atoms with Gasteiger partial charge in [0.2, 0.25) is 0 Å². The molecule has 6 heteroatoms. The maximum Gasteiger partial charge on any atom is 0.0788 e. The Morgan fingerprint density at radius 3 is 0.700 bits per heavy atom. The number of nitrogens with zero attached hydrogens (tertiary/aromatic N) is 6. The molecule has 418 valence electrons. The normalized spacial score (nSPS) is 12.2. The van der Waals surface area contributed by atoms with Gasteiger partial charge in [0.05, 0.1) is 66.2 Å². The average Bonchev–Trinajstić information content (AvgIpc) is 1.58. The van der Waals surface area contributed by atoms with Gasteiger partial charge in [-0.05, 0) is 132 Å². The van der Waals surface area contributed by atoms with Crippen LogP contribution in [0.4, 0.5) is 0 Å². The van der Waals surface area contributed by atoms with Crippen LogP contribution in [0, 0.1) is 0 Å². The van der Waals surface area contributed by atoms with Crippen molar-refractivity contribution in [3.05, 3.63) is 315 Å². The molecule has 0 fully saturated rings. The van der Waals surface area contributed by atoms with Crippen LogP contribution >= 0.6 is 0 Å². The van der Waals surface area contributed by atoms with Crippen molar-refractivity contribution in [1.82, 2.24) is 27.4 Å². The molecule has 0 aliphatic heterocycles. The Kier molecular flexibility index (Phi) is 10.2. The first-order valence-electron chi connectivity index (χ1n) is 31.0. The van der Waals surface area contributed by atoms with Crippen LogP contribution in [-0.2, 0) is 0 Å². The van der Waals surface area contributed by atoms with Gasteiger partial charge in [0.25, 0.3) is 0 Å². The third-order valence-corrected chi connectivity index (χ3v) is 19.3. The molecule has 14 aromatic carbocycles. The minimum Gasteiger partial charge on any atom is -0.309 e. The first-order chi connectivity index (χ1) is 44.7. The third kappa shape index (κ3) is 6.81. The maximum absolute atomic E-state index is 2.52. The van der Waals surface area contributed by atoms with E-state index in [1.54, 1.807) is 0 Å². The fourth-order valence-corrected chi connectivity index (χ4v) is 15.6. The van der Waals surface area contributed by atoms with E-state index in [9.17, 15) is 0 Å². The Morgan fingerprint density at radius 1 is 0.133 bits per heavy atom. The second-order valence-electron chi connectivity index (χ2n) is 24.0. The van der Waals surface area contributed by atoms with Gasteiger partial charge in [-0.1, -0.05) is 194 Å². The summed E-state index contributed by atoms with van der Waals surface area (Å²) in [5, 5.41) is 14.6. The van der Waals surface area contributed by atoms with E-state index >= 15 is 0 Å². The van der Waals surface area contributed by atoms with Gasteiger partial charge in [0.1, 0.15) is 0 Å². The molecule has 0 saturated carbocycles. The van der Waals surface area contributed by atoms with E-state index in [2.05, 4.69) is 343 Å². The molecule has 6 nitrogen and oxygen atoms in total. The first kappa shape index (κ1) is 49.0. The molecular formula is C84H52N6. The molecule has 0 aliphatic rings. The van der Waals surface area contributed by atoms with Crippen molar-refractivity contribution < 1.29 is 0 Å². The van der Waals surface area contributed by atoms with Gasteiger partial charge < -0.3 is 27.4 Å². The molecule has 0 spiro atoms. The van der Waals surface area contributed by atoms with Crippen LogP contribution in [0.3, 0.4) is 0 Å². The predicted octanol–water partition coefficient (Wildman–Crippen LogP) is 21.9. The topological polar surface area (TPSA) is 29.6 Å². The van der Waals surface area contributed by atoms with E-state index < -0.39 is 0 Å². The summed E-state index contributed by atoms with van der Waals surface area (Å²) in [5.74, 6) is 0. The number of hydrogen-bond acceptors (Lipinski definition) is 0. The lowest BCUT2D eigenvalue weighted by Crippen LogP contribution is -2.00. The van der Waals surface area contributed by atoms with Crippen LogP contribution in [0.15, 0.2) is 315 Å². The molecule has 20 rings (SSSR count). The summed E-state index contributed by atoms with van der Waals surface area (Å²) >= 11 is 0. The SMILES string of the molecule is c1ccc(-n2c3ccccc3c3cc(-n4c5ccccc5c5ccc6c7ccccc7n(-c7cccc(-c8cccc(-n9c%10ccccc%10c%10ccc%11c%12ccccc%12n(-c%12ccc%13c(c%12)c%12ccccc%12n%13-c%12ccccc%12)c%11c%109)c8)c7)c6c54)ccc32)cc1. The van der Waals surface area contributed by atoms with E-state index in [0.29, 0.717) is 0 Å². The van der Waals surface area contributed by atoms with E-state index in [0.717, 1.165) is 56.3 Å². The van der Waals surface area contributed by atoms with Gasteiger partial charge in [-0.2, -0.15) is 0 Å². The summed E-state index contributed by atoms with van der Waals surface area (Å²) in [5.41, 5.74) is 23.1. The van der Waals surface area contributed by atoms with E-state index in [4.69, 9.17) is 0 Å². The summed E-state index contributed by atoms with van der Waals surface area (Å²) in [6, 6.07) is 117. The molecule has 20 aromatic rings. The zero-order valence-electron chi connectivity index (χ0n) is 48.7. The Hall–Kier alpha value is -12.1. The molecule has 6 heterocycles. The lowest BCUT2D eigenvalue weighted by molar-refractivity contribution is 1.14. The second-order valence-corrected chi connectivity index (χ2v) is 24.0. The maximum atomic E-state index is 2.52. The quantitative estimate of drug-likeness (QED) is 0.152. The van der Waals surface area contributed by atoms with Gasteiger partial charge in [0, 0.05) is 98.8 Å². The van der Waals surface area contributed by atoms with Crippen molar-refractivity contribution in [2.75, 3.05) is 0 Å². The Morgan fingerprint density at radius 2 is 0.378 bits per heavy atom. The highest BCUT2D eigenvalue weighted by Crippen LogP contribution is 2.46. The van der Waals surface area contributed by atoms with Crippen molar-refractivity contribution in [1.29, 1.82) is 0 Å².